The van der Waals surface area contributed by atoms with E-state index in [1.54, 1.807) is 0 Å². The first-order valence-electron chi connectivity index (χ1n) is 4.67. The molecule has 0 bridgehead atoms. The van der Waals surface area contributed by atoms with Gasteiger partial charge in [0.1, 0.15) is 0 Å². The van der Waals surface area contributed by atoms with E-state index in [9.17, 15) is 4.79 Å². The van der Waals surface area contributed by atoms with E-state index in [1.165, 1.54) is 0 Å². The molecule has 0 unspecified atom stereocenters. The quantitative estimate of drug-likeness (QED) is 0.733. The van der Waals surface area contributed by atoms with Gasteiger partial charge in [-0.3, -0.25) is 4.79 Å². The fourth-order valence-corrected chi connectivity index (χ4v) is 1.41. The number of carbonyl (C=O) groups is 1. The molecule has 0 atom stereocenters. The minimum Gasteiger partial charge on any atom is -0.396 e. The van der Waals surface area contributed by atoms with Gasteiger partial charge in [0.05, 0.1) is 19.6 Å². The van der Waals surface area contributed by atoms with Crippen molar-refractivity contribution in [3.8, 4) is 0 Å². The van der Waals surface area contributed by atoms with Gasteiger partial charge in [-0.05, 0) is 6.42 Å². The average molecular weight is 269 g/mol. The average Bonchev–Trinajstić information content (AvgIpc) is 2.24. The lowest BCUT2D eigenvalue weighted by Gasteiger charge is -2.27. The van der Waals surface area contributed by atoms with Crippen LogP contribution in [0.1, 0.15) is 32.6 Å². The van der Waals surface area contributed by atoms with Crippen LogP contribution in [-0.4, -0.2) is 29.4 Å². The molecule has 0 rings (SSSR count). The van der Waals surface area contributed by atoms with E-state index in [0.717, 1.165) is 12.8 Å². The molecule has 0 saturated heterocycles. The summed E-state index contributed by atoms with van der Waals surface area (Å²) in [5.74, 6) is -0.468. The Morgan fingerprint density at radius 1 is 1.43 bits per heavy atom. The number of halogens is 1. The number of aliphatic hydroxyl groups is 2. The maximum atomic E-state index is 11.0. The molecule has 0 aliphatic carbocycles. The van der Waals surface area contributed by atoms with Gasteiger partial charge >= 0.3 is 5.97 Å². The van der Waals surface area contributed by atoms with Crippen molar-refractivity contribution in [1.29, 1.82) is 0 Å². The maximum absolute atomic E-state index is 11.0. The highest BCUT2D eigenvalue weighted by molar-refractivity contribution is 9.06. The number of unbranched alkanes of at least 4 members (excludes halogenated alkanes) is 1. The van der Waals surface area contributed by atoms with E-state index in [4.69, 9.17) is 10.2 Å². The standard InChI is InChI=1S/C9H17BrO4/c1-2-3-4-9(6-11,7-12)5-8(13)14-10/h11-12H,2-7H2,1H3. The predicted molar refractivity (Wildman–Crippen MR) is 55.8 cm³/mol. The predicted octanol–water partition coefficient (Wildman–Crippen LogP) is 1.39. The molecule has 14 heavy (non-hydrogen) atoms. The van der Waals surface area contributed by atoms with Gasteiger partial charge in [-0.15, -0.1) is 0 Å². The molecular weight excluding hydrogens is 252 g/mol. The Bertz CT molecular complexity index is 168. The van der Waals surface area contributed by atoms with Gasteiger partial charge in [0.2, 0.25) is 0 Å². The summed E-state index contributed by atoms with van der Waals surface area (Å²) in [6, 6.07) is 0. The SMILES string of the molecule is CCCCC(CO)(CO)CC(=O)OBr. The van der Waals surface area contributed by atoms with Crippen LogP contribution in [-0.2, 0) is 8.62 Å². The molecule has 0 aromatic carbocycles. The minimum absolute atomic E-state index is 0.0330. The van der Waals surface area contributed by atoms with Crippen LogP contribution in [0.15, 0.2) is 0 Å². The molecule has 5 heteroatoms. The van der Waals surface area contributed by atoms with Crippen LogP contribution >= 0.6 is 16.3 Å². The zero-order chi connectivity index (χ0) is 11.0. The van der Waals surface area contributed by atoms with E-state index >= 15 is 0 Å². The first kappa shape index (κ1) is 13.9. The first-order chi connectivity index (χ1) is 6.64. The monoisotopic (exact) mass is 268 g/mol. The maximum Gasteiger partial charge on any atom is 0.318 e. The highest BCUT2D eigenvalue weighted by Crippen LogP contribution is 2.28. The number of rotatable bonds is 7. The summed E-state index contributed by atoms with van der Waals surface area (Å²) in [5, 5.41) is 18.3. The van der Waals surface area contributed by atoms with Gasteiger partial charge in [0.15, 0.2) is 16.3 Å². The van der Waals surface area contributed by atoms with Crippen LogP contribution < -0.4 is 0 Å². The Morgan fingerprint density at radius 3 is 2.36 bits per heavy atom. The van der Waals surface area contributed by atoms with Crippen molar-refractivity contribution in [3.63, 3.8) is 0 Å². The van der Waals surface area contributed by atoms with E-state index in [-0.39, 0.29) is 19.6 Å². The third-order valence-electron chi connectivity index (χ3n) is 2.34. The van der Waals surface area contributed by atoms with Gasteiger partial charge in [-0.1, -0.05) is 19.8 Å². The Hall–Kier alpha value is -0.130. The lowest BCUT2D eigenvalue weighted by molar-refractivity contribution is -0.137. The summed E-state index contributed by atoms with van der Waals surface area (Å²) in [6.45, 7) is 1.61. The number of hydrogen-bond donors (Lipinski definition) is 2. The Labute approximate surface area is 92.7 Å². The second-order valence-electron chi connectivity index (χ2n) is 3.55. The minimum atomic E-state index is -0.735. The fraction of sp³-hybridized carbons (Fsp3) is 0.889. The summed E-state index contributed by atoms with van der Waals surface area (Å²) in [4.78, 5) is 11.0. The van der Waals surface area contributed by atoms with Gasteiger partial charge < -0.3 is 14.0 Å². The number of hydrogen-bond acceptors (Lipinski definition) is 4. The molecule has 0 fully saturated rings. The molecule has 2 N–H and O–H groups in total. The second kappa shape index (κ2) is 7.20. The van der Waals surface area contributed by atoms with Crippen molar-refractivity contribution >= 4 is 22.2 Å². The summed E-state index contributed by atoms with van der Waals surface area (Å²) >= 11 is 2.58. The molecular formula is C9H17BrO4. The van der Waals surface area contributed by atoms with Crippen molar-refractivity contribution in [2.75, 3.05) is 13.2 Å². The third-order valence-corrected chi connectivity index (χ3v) is 2.70. The van der Waals surface area contributed by atoms with Crippen molar-refractivity contribution in [2.45, 2.75) is 32.6 Å². The van der Waals surface area contributed by atoms with Crippen LogP contribution in [0.25, 0.3) is 0 Å². The largest absolute Gasteiger partial charge is 0.396 e. The second-order valence-corrected chi connectivity index (χ2v) is 3.87. The molecule has 0 heterocycles. The zero-order valence-electron chi connectivity index (χ0n) is 8.33. The molecule has 0 aromatic rings. The van der Waals surface area contributed by atoms with Crippen molar-refractivity contribution in [2.24, 2.45) is 5.41 Å². The van der Waals surface area contributed by atoms with Crippen LogP contribution in [0.5, 0.6) is 0 Å². The van der Waals surface area contributed by atoms with Gasteiger partial charge in [0.25, 0.3) is 0 Å². The highest BCUT2D eigenvalue weighted by atomic mass is 79.9. The van der Waals surface area contributed by atoms with Crippen LogP contribution in [0.4, 0.5) is 0 Å². The van der Waals surface area contributed by atoms with Crippen LogP contribution in [0.3, 0.4) is 0 Å². The van der Waals surface area contributed by atoms with E-state index in [2.05, 4.69) is 20.1 Å². The van der Waals surface area contributed by atoms with Crippen molar-refractivity contribution in [1.82, 2.24) is 0 Å². The number of aliphatic hydroxyl groups excluding tert-OH is 2. The van der Waals surface area contributed by atoms with Crippen LogP contribution in [0.2, 0.25) is 0 Å². The summed E-state index contributed by atoms with van der Waals surface area (Å²) in [7, 11) is 0. The lowest BCUT2D eigenvalue weighted by atomic mass is 9.81. The van der Waals surface area contributed by atoms with Gasteiger partial charge in [0, 0.05) is 5.41 Å². The van der Waals surface area contributed by atoms with E-state index < -0.39 is 11.4 Å². The summed E-state index contributed by atoms with van der Waals surface area (Å²) in [5.41, 5.74) is -0.735. The molecule has 0 amide bonds. The molecule has 0 spiro atoms. The van der Waals surface area contributed by atoms with Crippen molar-refractivity contribution < 1.29 is 18.8 Å². The topological polar surface area (TPSA) is 66.8 Å². The molecule has 0 aromatic heterocycles. The zero-order valence-corrected chi connectivity index (χ0v) is 9.92. The normalized spacial score (nSPS) is 11.4. The number of carbonyl (C=O) groups excluding carboxylic acids is 1. The molecule has 0 aliphatic rings. The molecule has 84 valence electrons. The Morgan fingerprint density at radius 2 is 2.00 bits per heavy atom. The van der Waals surface area contributed by atoms with E-state index in [1.807, 2.05) is 6.92 Å². The highest BCUT2D eigenvalue weighted by Gasteiger charge is 2.31. The van der Waals surface area contributed by atoms with Gasteiger partial charge in [-0.25, -0.2) is 0 Å². The smallest absolute Gasteiger partial charge is 0.318 e. The molecule has 0 saturated carbocycles. The third kappa shape index (κ3) is 4.39. The summed E-state index contributed by atoms with van der Waals surface area (Å²) < 4.78 is 4.34. The first-order valence-corrected chi connectivity index (χ1v) is 5.32. The van der Waals surface area contributed by atoms with E-state index in [0.29, 0.717) is 6.42 Å². The Balaban J connectivity index is 4.28. The van der Waals surface area contributed by atoms with Crippen LogP contribution in [0, 0.1) is 5.41 Å². The summed E-state index contributed by atoms with van der Waals surface area (Å²) in [6.07, 6.45) is 2.49. The Kier molecular flexibility index (Phi) is 7.13. The van der Waals surface area contributed by atoms with Crippen molar-refractivity contribution in [3.05, 3.63) is 0 Å². The fourth-order valence-electron chi connectivity index (χ4n) is 1.29. The lowest BCUT2D eigenvalue weighted by Crippen LogP contribution is -2.32. The molecule has 4 nitrogen and oxygen atoms in total. The molecule has 0 radical (unpaired) electrons. The molecule has 0 aliphatic heterocycles. The van der Waals surface area contributed by atoms with Gasteiger partial charge in [-0.2, -0.15) is 0 Å².